The smallest absolute Gasteiger partial charge is 0.320 e. The van der Waals surface area contributed by atoms with Gasteiger partial charge < -0.3 is 15.3 Å². The maximum absolute atomic E-state index is 12.2. The SMILES string of the molecule is O=C(Nc1cc2[nH]c(=O)[nH]c2cc1Br)c1cc(Br)c(Br)s1. The summed E-state index contributed by atoms with van der Waals surface area (Å²) in [4.78, 5) is 29.4. The van der Waals surface area contributed by atoms with E-state index < -0.39 is 0 Å². The van der Waals surface area contributed by atoms with E-state index in [1.54, 1.807) is 18.2 Å². The van der Waals surface area contributed by atoms with E-state index in [-0.39, 0.29) is 11.6 Å². The molecule has 2 heterocycles. The molecule has 0 aliphatic rings. The van der Waals surface area contributed by atoms with Gasteiger partial charge in [0.25, 0.3) is 5.91 Å². The van der Waals surface area contributed by atoms with Crippen LogP contribution in [-0.4, -0.2) is 15.9 Å². The predicted octanol–water partition coefficient (Wildman–Crippen LogP) is 4.46. The molecule has 108 valence electrons. The Morgan fingerprint density at radius 1 is 1.05 bits per heavy atom. The normalized spacial score (nSPS) is 11.0. The van der Waals surface area contributed by atoms with Gasteiger partial charge in [0.2, 0.25) is 0 Å². The lowest BCUT2D eigenvalue weighted by atomic mass is 10.2. The zero-order chi connectivity index (χ0) is 15.1. The molecule has 0 spiro atoms. The van der Waals surface area contributed by atoms with Gasteiger partial charge in [-0.05, 0) is 66.0 Å². The fourth-order valence-electron chi connectivity index (χ4n) is 1.79. The number of nitrogens with one attached hydrogen (secondary N) is 3. The number of carbonyl (C=O) groups excluding carboxylic acids is 1. The first-order valence-corrected chi connectivity index (χ1v) is 8.81. The monoisotopic (exact) mass is 493 g/mol. The molecule has 9 heteroatoms. The Hall–Kier alpha value is -0.900. The lowest BCUT2D eigenvalue weighted by Gasteiger charge is -2.06. The van der Waals surface area contributed by atoms with E-state index in [4.69, 9.17) is 0 Å². The Bertz CT molecular complexity index is 893. The van der Waals surface area contributed by atoms with Crippen LogP contribution in [0.15, 0.2) is 35.7 Å². The minimum atomic E-state index is -0.286. The van der Waals surface area contributed by atoms with Crippen molar-refractivity contribution >= 4 is 81.8 Å². The van der Waals surface area contributed by atoms with Gasteiger partial charge in [-0.15, -0.1) is 11.3 Å². The highest BCUT2D eigenvalue weighted by atomic mass is 79.9. The molecule has 21 heavy (non-hydrogen) atoms. The third kappa shape index (κ3) is 3.01. The predicted molar refractivity (Wildman–Crippen MR) is 94.3 cm³/mol. The van der Waals surface area contributed by atoms with Crippen molar-refractivity contribution in [1.82, 2.24) is 9.97 Å². The number of thiophene rings is 1. The highest BCUT2D eigenvalue weighted by Gasteiger charge is 2.14. The van der Waals surface area contributed by atoms with Gasteiger partial charge in [-0.25, -0.2) is 4.79 Å². The summed E-state index contributed by atoms with van der Waals surface area (Å²) in [7, 11) is 0. The number of rotatable bonds is 2. The molecule has 0 aliphatic heterocycles. The summed E-state index contributed by atoms with van der Waals surface area (Å²) in [5.74, 6) is -0.218. The second-order valence-electron chi connectivity index (χ2n) is 4.14. The molecule has 0 unspecified atom stereocenters. The van der Waals surface area contributed by atoms with E-state index in [0.717, 1.165) is 8.26 Å². The summed E-state index contributed by atoms with van der Waals surface area (Å²) >= 11 is 11.4. The Morgan fingerprint density at radius 3 is 2.33 bits per heavy atom. The maximum atomic E-state index is 12.2. The molecule has 3 N–H and O–H groups in total. The first-order valence-electron chi connectivity index (χ1n) is 5.62. The molecule has 0 saturated carbocycles. The molecule has 0 aliphatic carbocycles. The van der Waals surface area contributed by atoms with E-state index >= 15 is 0 Å². The third-order valence-electron chi connectivity index (χ3n) is 2.72. The van der Waals surface area contributed by atoms with Crippen molar-refractivity contribution in [3.05, 3.63) is 46.3 Å². The molecule has 1 aromatic carbocycles. The van der Waals surface area contributed by atoms with Crippen LogP contribution in [0, 0.1) is 0 Å². The second-order valence-corrected chi connectivity index (χ2v) is 8.22. The zero-order valence-corrected chi connectivity index (χ0v) is 15.7. The molecule has 5 nitrogen and oxygen atoms in total. The third-order valence-corrected chi connectivity index (χ3v) is 6.63. The van der Waals surface area contributed by atoms with E-state index in [1.807, 2.05) is 0 Å². The number of aromatic nitrogens is 2. The molecule has 3 rings (SSSR count). The van der Waals surface area contributed by atoms with Crippen LogP contribution in [0.2, 0.25) is 0 Å². The van der Waals surface area contributed by atoms with Crippen molar-refractivity contribution < 1.29 is 4.79 Å². The van der Waals surface area contributed by atoms with Gasteiger partial charge in [0.15, 0.2) is 0 Å². The minimum Gasteiger partial charge on any atom is -0.320 e. The number of halogens is 3. The van der Waals surface area contributed by atoms with E-state index in [2.05, 4.69) is 63.1 Å². The minimum absolute atomic E-state index is 0.218. The number of amides is 1. The number of benzene rings is 1. The largest absolute Gasteiger partial charge is 0.323 e. The molecule has 0 fully saturated rings. The summed E-state index contributed by atoms with van der Waals surface area (Å²) in [6.07, 6.45) is 0. The fraction of sp³-hybridized carbons (Fsp3) is 0. The quantitative estimate of drug-likeness (QED) is 0.491. The molecule has 2 aromatic heterocycles. The average Bonchev–Trinajstić information content (AvgIpc) is 2.92. The van der Waals surface area contributed by atoms with Crippen LogP contribution in [0.1, 0.15) is 9.67 Å². The molecule has 0 atom stereocenters. The summed E-state index contributed by atoms with van der Waals surface area (Å²) in [5, 5.41) is 2.82. The molecule has 3 aromatic rings. The maximum Gasteiger partial charge on any atom is 0.323 e. The van der Waals surface area contributed by atoms with Crippen molar-refractivity contribution in [3.63, 3.8) is 0 Å². The summed E-state index contributed by atoms with van der Waals surface area (Å²) in [6.45, 7) is 0. The number of anilines is 1. The van der Waals surface area contributed by atoms with E-state index in [0.29, 0.717) is 26.1 Å². The topological polar surface area (TPSA) is 77.8 Å². The van der Waals surface area contributed by atoms with Gasteiger partial charge in [0, 0.05) is 8.95 Å². The highest BCUT2D eigenvalue weighted by molar-refractivity contribution is 9.13. The molecule has 0 radical (unpaired) electrons. The van der Waals surface area contributed by atoms with E-state index in [1.165, 1.54) is 11.3 Å². The number of hydrogen-bond acceptors (Lipinski definition) is 3. The summed E-state index contributed by atoms with van der Waals surface area (Å²) in [5.41, 5.74) is 1.61. The van der Waals surface area contributed by atoms with Crippen molar-refractivity contribution in [2.75, 3.05) is 5.32 Å². The zero-order valence-electron chi connectivity index (χ0n) is 10.1. The molecule has 0 saturated heterocycles. The van der Waals surface area contributed by atoms with Crippen LogP contribution in [0.25, 0.3) is 11.0 Å². The fourth-order valence-corrected chi connectivity index (χ4v) is 4.17. The van der Waals surface area contributed by atoms with Crippen LogP contribution < -0.4 is 11.0 Å². The van der Waals surface area contributed by atoms with Crippen LogP contribution in [0.4, 0.5) is 5.69 Å². The first kappa shape index (κ1) is 15.0. The van der Waals surface area contributed by atoms with Crippen molar-refractivity contribution in [1.29, 1.82) is 0 Å². The van der Waals surface area contributed by atoms with Crippen LogP contribution in [0.3, 0.4) is 0 Å². The second kappa shape index (κ2) is 5.71. The van der Waals surface area contributed by atoms with Gasteiger partial charge in [0.1, 0.15) is 0 Å². The Labute approximate surface area is 147 Å². The standard InChI is InChI=1S/C12H6Br3N3O2S/c13-4-1-7-8(18-12(20)17-7)3-6(4)16-11(19)9-2-5(14)10(15)21-9/h1-3H,(H,16,19)(H2,17,18,20). The number of H-pyrrole nitrogens is 2. The summed E-state index contributed by atoms with van der Waals surface area (Å²) < 4.78 is 2.38. The van der Waals surface area contributed by atoms with Crippen LogP contribution in [0.5, 0.6) is 0 Å². The number of aromatic amines is 2. The highest BCUT2D eigenvalue weighted by Crippen LogP contribution is 2.33. The van der Waals surface area contributed by atoms with Gasteiger partial charge >= 0.3 is 5.69 Å². The van der Waals surface area contributed by atoms with Crippen LogP contribution in [-0.2, 0) is 0 Å². The summed E-state index contributed by atoms with van der Waals surface area (Å²) in [6, 6.07) is 5.19. The van der Waals surface area contributed by atoms with Crippen molar-refractivity contribution in [2.24, 2.45) is 0 Å². The van der Waals surface area contributed by atoms with Gasteiger partial charge in [-0.1, -0.05) is 0 Å². The molecular formula is C12H6Br3N3O2S. The Morgan fingerprint density at radius 2 is 1.71 bits per heavy atom. The van der Waals surface area contributed by atoms with Gasteiger partial charge in [-0.2, -0.15) is 0 Å². The first-order chi connectivity index (χ1) is 9.94. The molecule has 1 amide bonds. The average molecular weight is 496 g/mol. The molecule has 0 bridgehead atoms. The van der Waals surface area contributed by atoms with Gasteiger partial charge in [-0.3, -0.25) is 4.79 Å². The number of fused-ring (bicyclic) bond motifs is 1. The van der Waals surface area contributed by atoms with Gasteiger partial charge in [0.05, 0.1) is 25.4 Å². The molecular weight excluding hydrogens is 490 g/mol. The number of carbonyl (C=O) groups is 1. The van der Waals surface area contributed by atoms with E-state index in [9.17, 15) is 9.59 Å². The van der Waals surface area contributed by atoms with Crippen LogP contribution >= 0.6 is 59.1 Å². The Balaban J connectivity index is 1.95. The lowest BCUT2D eigenvalue weighted by Crippen LogP contribution is -2.10. The van der Waals surface area contributed by atoms with Crippen molar-refractivity contribution in [2.45, 2.75) is 0 Å². The number of hydrogen-bond donors (Lipinski definition) is 3. The lowest BCUT2D eigenvalue weighted by molar-refractivity contribution is 0.103. The number of imidazole rings is 1. The Kier molecular flexibility index (Phi) is 4.08. The van der Waals surface area contributed by atoms with Crippen molar-refractivity contribution in [3.8, 4) is 0 Å².